The zero-order valence-corrected chi connectivity index (χ0v) is 12.6. The number of hydrogen-bond acceptors (Lipinski definition) is 2. The maximum Gasteiger partial charge on any atom is 0.0198 e. The van der Waals surface area contributed by atoms with Gasteiger partial charge < -0.3 is 4.90 Å². The number of rotatable bonds is 6. The third kappa shape index (κ3) is 4.59. The molecule has 1 fully saturated rings. The summed E-state index contributed by atoms with van der Waals surface area (Å²) < 4.78 is 0. The topological polar surface area (TPSA) is 6.48 Å². The smallest absolute Gasteiger partial charge is 0.0198 e. The lowest BCUT2D eigenvalue weighted by Crippen LogP contribution is -2.56. The van der Waals surface area contributed by atoms with Crippen molar-refractivity contribution in [2.75, 3.05) is 26.7 Å². The molecule has 2 atom stereocenters. The highest BCUT2D eigenvalue weighted by molar-refractivity contribution is 4.84. The van der Waals surface area contributed by atoms with Gasteiger partial charge in [0.15, 0.2) is 0 Å². The fourth-order valence-electron chi connectivity index (χ4n) is 3.42. The summed E-state index contributed by atoms with van der Waals surface area (Å²) in [6.45, 7) is 13.2. The van der Waals surface area contributed by atoms with Crippen molar-refractivity contribution in [1.29, 1.82) is 0 Å². The number of piperazine rings is 1. The van der Waals surface area contributed by atoms with Crippen LogP contribution >= 0.6 is 0 Å². The Hall–Kier alpha value is -0.0800. The number of hydrogen-bond donors (Lipinski definition) is 0. The first-order valence-corrected chi connectivity index (χ1v) is 7.52. The standard InChI is InChI=1S/C15H32N2/c1-6-8-15(9-7-2)12-17-13(3)10-16(5)11-14(17)4/h13-15H,6-12H2,1-5H3. The third-order valence-corrected chi connectivity index (χ3v) is 4.15. The molecule has 0 spiro atoms. The van der Waals surface area contributed by atoms with Gasteiger partial charge in [-0.3, -0.25) is 4.90 Å². The molecular weight excluding hydrogens is 208 g/mol. The molecular formula is C15H32N2. The van der Waals surface area contributed by atoms with Gasteiger partial charge in [0, 0.05) is 31.7 Å². The molecule has 0 radical (unpaired) electrons. The van der Waals surface area contributed by atoms with Crippen LogP contribution < -0.4 is 0 Å². The Kier molecular flexibility index (Phi) is 6.50. The molecule has 2 heteroatoms. The SMILES string of the molecule is CCCC(CCC)CN1C(C)CN(C)CC1C. The van der Waals surface area contributed by atoms with Crippen molar-refractivity contribution in [2.45, 2.75) is 65.5 Å². The zero-order chi connectivity index (χ0) is 12.8. The molecule has 0 aromatic heterocycles. The van der Waals surface area contributed by atoms with Gasteiger partial charge in [-0.1, -0.05) is 26.7 Å². The Morgan fingerprint density at radius 3 is 1.88 bits per heavy atom. The predicted molar refractivity (Wildman–Crippen MR) is 76.4 cm³/mol. The minimum atomic E-state index is 0.722. The summed E-state index contributed by atoms with van der Waals surface area (Å²) in [5.74, 6) is 0.915. The quantitative estimate of drug-likeness (QED) is 0.703. The van der Waals surface area contributed by atoms with E-state index in [4.69, 9.17) is 0 Å². The second-order valence-electron chi connectivity index (χ2n) is 6.06. The molecule has 2 unspecified atom stereocenters. The number of likely N-dealkylation sites (N-methyl/N-ethyl adjacent to an activating group) is 1. The first kappa shape index (κ1) is 15.0. The largest absolute Gasteiger partial charge is 0.303 e. The van der Waals surface area contributed by atoms with E-state index in [-0.39, 0.29) is 0 Å². The first-order chi connectivity index (χ1) is 8.08. The van der Waals surface area contributed by atoms with Crippen molar-refractivity contribution in [2.24, 2.45) is 5.92 Å². The summed E-state index contributed by atoms with van der Waals surface area (Å²) in [6, 6.07) is 1.44. The van der Waals surface area contributed by atoms with Gasteiger partial charge >= 0.3 is 0 Å². The average Bonchev–Trinajstić information content (AvgIpc) is 2.23. The van der Waals surface area contributed by atoms with Crippen LogP contribution in [0.4, 0.5) is 0 Å². The highest BCUT2D eigenvalue weighted by atomic mass is 15.3. The van der Waals surface area contributed by atoms with E-state index in [9.17, 15) is 0 Å². The van der Waals surface area contributed by atoms with Crippen LogP contribution in [0.3, 0.4) is 0 Å². The Balaban J connectivity index is 2.51. The molecule has 0 aromatic carbocycles. The fraction of sp³-hybridized carbons (Fsp3) is 1.00. The van der Waals surface area contributed by atoms with Crippen LogP contribution in [0.2, 0.25) is 0 Å². The predicted octanol–water partition coefficient (Wildman–Crippen LogP) is 3.23. The molecule has 0 aliphatic carbocycles. The van der Waals surface area contributed by atoms with Gasteiger partial charge in [-0.05, 0) is 39.7 Å². The van der Waals surface area contributed by atoms with Gasteiger partial charge in [0.1, 0.15) is 0 Å². The number of nitrogens with zero attached hydrogens (tertiary/aromatic N) is 2. The monoisotopic (exact) mass is 240 g/mol. The van der Waals surface area contributed by atoms with E-state index in [1.165, 1.54) is 45.3 Å². The first-order valence-electron chi connectivity index (χ1n) is 7.52. The van der Waals surface area contributed by atoms with E-state index in [2.05, 4.69) is 44.5 Å². The van der Waals surface area contributed by atoms with Crippen LogP contribution in [0.25, 0.3) is 0 Å². The molecule has 2 nitrogen and oxygen atoms in total. The van der Waals surface area contributed by atoms with Gasteiger partial charge in [-0.25, -0.2) is 0 Å². The minimum Gasteiger partial charge on any atom is -0.303 e. The van der Waals surface area contributed by atoms with Crippen molar-refractivity contribution >= 4 is 0 Å². The summed E-state index contributed by atoms with van der Waals surface area (Å²) in [5, 5.41) is 0. The van der Waals surface area contributed by atoms with Crippen LogP contribution in [0.15, 0.2) is 0 Å². The summed E-state index contributed by atoms with van der Waals surface area (Å²) in [4.78, 5) is 5.22. The van der Waals surface area contributed by atoms with Crippen molar-refractivity contribution in [3.8, 4) is 0 Å². The Labute approximate surface area is 108 Å². The lowest BCUT2D eigenvalue weighted by molar-refractivity contribution is 0.0368. The van der Waals surface area contributed by atoms with Crippen molar-refractivity contribution in [3.63, 3.8) is 0 Å². The van der Waals surface area contributed by atoms with E-state index in [1.54, 1.807) is 0 Å². The average molecular weight is 240 g/mol. The van der Waals surface area contributed by atoms with E-state index >= 15 is 0 Å². The van der Waals surface area contributed by atoms with Crippen molar-refractivity contribution in [1.82, 2.24) is 9.80 Å². The van der Waals surface area contributed by atoms with E-state index in [0.29, 0.717) is 0 Å². The fourth-order valence-corrected chi connectivity index (χ4v) is 3.42. The van der Waals surface area contributed by atoms with Crippen molar-refractivity contribution in [3.05, 3.63) is 0 Å². The lowest BCUT2D eigenvalue weighted by atomic mass is 9.95. The summed E-state index contributed by atoms with van der Waals surface area (Å²) in [6.07, 6.45) is 5.47. The summed E-state index contributed by atoms with van der Waals surface area (Å²) in [7, 11) is 2.25. The van der Waals surface area contributed by atoms with Crippen molar-refractivity contribution < 1.29 is 0 Å². The molecule has 0 N–H and O–H groups in total. The molecule has 1 aliphatic heterocycles. The van der Waals surface area contributed by atoms with E-state index in [1.807, 2.05) is 0 Å². The summed E-state index contributed by atoms with van der Waals surface area (Å²) in [5.41, 5.74) is 0. The van der Waals surface area contributed by atoms with Gasteiger partial charge in [0.05, 0.1) is 0 Å². The molecule has 0 amide bonds. The Morgan fingerprint density at radius 1 is 1.00 bits per heavy atom. The second-order valence-corrected chi connectivity index (χ2v) is 6.06. The maximum absolute atomic E-state index is 2.75. The second kappa shape index (κ2) is 7.38. The highest BCUT2D eigenvalue weighted by Gasteiger charge is 2.28. The van der Waals surface area contributed by atoms with Crippen LogP contribution in [-0.2, 0) is 0 Å². The molecule has 1 rings (SSSR count). The van der Waals surface area contributed by atoms with Gasteiger partial charge in [0.25, 0.3) is 0 Å². The third-order valence-electron chi connectivity index (χ3n) is 4.15. The van der Waals surface area contributed by atoms with Crippen LogP contribution in [-0.4, -0.2) is 48.6 Å². The van der Waals surface area contributed by atoms with Crippen LogP contribution in [0.5, 0.6) is 0 Å². The molecule has 0 bridgehead atoms. The van der Waals surface area contributed by atoms with Gasteiger partial charge in [0.2, 0.25) is 0 Å². The normalized spacial score (nSPS) is 27.9. The van der Waals surface area contributed by atoms with Gasteiger partial charge in [-0.15, -0.1) is 0 Å². The molecule has 1 saturated heterocycles. The minimum absolute atomic E-state index is 0.722. The van der Waals surface area contributed by atoms with Crippen LogP contribution in [0.1, 0.15) is 53.4 Å². The van der Waals surface area contributed by atoms with Crippen LogP contribution in [0, 0.1) is 5.92 Å². The molecule has 1 heterocycles. The lowest BCUT2D eigenvalue weighted by Gasteiger charge is -2.44. The highest BCUT2D eigenvalue weighted by Crippen LogP contribution is 2.21. The molecule has 0 saturated carbocycles. The summed E-state index contributed by atoms with van der Waals surface area (Å²) >= 11 is 0. The maximum atomic E-state index is 2.75. The molecule has 17 heavy (non-hydrogen) atoms. The Bertz CT molecular complexity index is 187. The van der Waals surface area contributed by atoms with E-state index in [0.717, 1.165) is 18.0 Å². The van der Waals surface area contributed by atoms with E-state index < -0.39 is 0 Å². The molecule has 1 aliphatic rings. The van der Waals surface area contributed by atoms with Gasteiger partial charge in [-0.2, -0.15) is 0 Å². The Morgan fingerprint density at radius 2 is 1.47 bits per heavy atom. The molecule has 102 valence electrons. The zero-order valence-electron chi connectivity index (χ0n) is 12.6. The molecule has 0 aromatic rings.